The molecule has 144 valence electrons. The number of methoxy groups -OCH3 is 1. The van der Waals surface area contributed by atoms with Gasteiger partial charge in [-0.2, -0.15) is 0 Å². The summed E-state index contributed by atoms with van der Waals surface area (Å²) in [6.07, 6.45) is 1.73. The number of halogens is 2. The highest BCUT2D eigenvalue weighted by Gasteiger charge is 2.24. The van der Waals surface area contributed by atoms with E-state index in [1.807, 2.05) is 24.3 Å². The highest BCUT2D eigenvalue weighted by atomic mass is 35.5. The second-order valence-electron chi connectivity index (χ2n) is 5.99. The van der Waals surface area contributed by atoms with E-state index in [-0.39, 0.29) is 28.6 Å². The third-order valence-electron chi connectivity index (χ3n) is 4.07. The summed E-state index contributed by atoms with van der Waals surface area (Å²) in [6.45, 7) is 0.142. The number of aryl methyl sites for hydroxylation is 1. The molecule has 27 heavy (non-hydrogen) atoms. The molecule has 0 spiro atoms. The normalized spacial score (nSPS) is 11.7. The monoisotopic (exact) mass is 409 g/mol. The minimum atomic E-state index is -0.877. The fourth-order valence-electron chi connectivity index (χ4n) is 2.64. The van der Waals surface area contributed by atoms with Gasteiger partial charge < -0.3 is 15.2 Å². The second-order valence-corrected chi connectivity index (χ2v) is 6.81. The number of carbonyl (C=O) groups is 2. The maximum Gasteiger partial charge on any atom is 0.328 e. The molecule has 0 saturated carbocycles. The lowest BCUT2D eigenvalue weighted by molar-refractivity contribution is -0.142. The van der Waals surface area contributed by atoms with Crippen molar-refractivity contribution in [1.82, 2.24) is 5.32 Å². The van der Waals surface area contributed by atoms with Crippen LogP contribution in [0, 0.1) is 0 Å². The first kappa shape index (κ1) is 21.2. The van der Waals surface area contributed by atoms with Gasteiger partial charge in [0.25, 0.3) is 5.91 Å². The third-order valence-corrected chi connectivity index (χ3v) is 4.70. The van der Waals surface area contributed by atoms with Crippen LogP contribution >= 0.6 is 23.2 Å². The number of amides is 1. The number of rotatable bonds is 8. The molecule has 1 amide bonds. The largest absolute Gasteiger partial charge is 0.467 e. The van der Waals surface area contributed by atoms with E-state index in [1.165, 1.54) is 7.11 Å². The number of esters is 1. The summed E-state index contributed by atoms with van der Waals surface area (Å²) in [5.41, 5.74) is 2.08. The topological polar surface area (TPSA) is 75.6 Å². The Balaban J connectivity index is 2.13. The Hall–Kier alpha value is -2.08. The van der Waals surface area contributed by atoms with Crippen molar-refractivity contribution in [3.05, 3.63) is 69.2 Å². The molecule has 0 fully saturated rings. The van der Waals surface area contributed by atoms with E-state index in [0.29, 0.717) is 6.42 Å². The van der Waals surface area contributed by atoms with Crippen LogP contribution in [0.25, 0.3) is 0 Å². The van der Waals surface area contributed by atoms with Gasteiger partial charge in [-0.1, -0.05) is 53.5 Å². The zero-order valence-electron chi connectivity index (χ0n) is 14.9. The Labute approximate surface area is 168 Å². The predicted molar refractivity (Wildman–Crippen MR) is 105 cm³/mol. The molecular weight excluding hydrogens is 389 g/mol. The van der Waals surface area contributed by atoms with Gasteiger partial charge >= 0.3 is 5.97 Å². The molecule has 2 N–H and O–H groups in total. The number of hydrogen-bond donors (Lipinski definition) is 2. The molecular formula is C20H21Cl2NO4. The van der Waals surface area contributed by atoms with Crippen LogP contribution in [0.5, 0.6) is 0 Å². The molecule has 0 aromatic heterocycles. The van der Waals surface area contributed by atoms with Gasteiger partial charge in [-0.25, -0.2) is 4.79 Å². The molecule has 7 heteroatoms. The summed E-state index contributed by atoms with van der Waals surface area (Å²) in [4.78, 5) is 24.7. The zero-order valence-corrected chi connectivity index (χ0v) is 16.4. The van der Waals surface area contributed by atoms with Crippen molar-refractivity contribution in [2.45, 2.75) is 25.3 Å². The number of hydrogen-bond acceptors (Lipinski definition) is 4. The molecule has 0 heterocycles. The second kappa shape index (κ2) is 10.3. The van der Waals surface area contributed by atoms with Crippen molar-refractivity contribution in [1.29, 1.82) is 0 Å². The van der Waals surface area contributed by atoms with Crippen LogP contribution in [0.2, 0.25) is 10.0 Å². The fourth-order valence-corrected chi connectivity index (χ4v) is 3.21. The number of aliphatic hydroxyl groups excluding tert-OH is 1. The minimum absolute atomic E-state index is 0.120. The quantitative estimate of drug-likeness (QED) is 0.654. The van der Waals surface area contributed by atoms with E-state index in [0.717, 1.165) is 17.5 Å². The van der Waals surface area contributed by atoms with E-state index in [2.05, 4.69) is 5.32 Å². The van der Waals surface area contributed by atoms with Crippen LogP contribution in [0.4, 0.5) is 0 Å². The van der Waals surface area contributed by atoms with Crippen LogP contribution in [-0.4, -0.2) is 36.7 Å². The van der Waals surface area contributed by atoms with Gasteiger partial charge in [0.2, 0.25) is 0 Å². The molecule has 0 aliphatic heterocycles. The highest BCUT2D eigenvalue weighted by molar-refractivity contribution is 6.39. The zero-order chi connectivity index (χ0) is 19.8. The average molecular weight is 410 g/mol. The fraction of sp³-hybridized carbons (Fsp3) is 0.300. The lowest BCUT2D eigenvalue weighted by Gasteiger charge is -2.18. The van der Waals surface area contributed by atoms with Crippen LogP contribution in [0.1, 0.15) is 27.9 Å². The smallest absolute Gasteiger partial charge is 0.328 e. The molecule has 2 rings (SSSR count). The highest BCUT2D eigenvalue weighted by Crippen LogP contribution is 2.24. The van der Waals surface area contributed by atoms with Crippen molar-refractivity contribution in [3.8, 4) is 0 Å². The lowest BCUT2D eigenvalue weighted by Crippen LogP contribution is -2.43. The standard InChI is InChI=1S/C20H21Cl2NO4/c1-27-20(26)17(12-14-9-7-13(8-10-14)4-3-11-24)23-19(25)18-15(21)5-2-6-16(18)22/h2,5-10,17,24H,3-4,11-12H2,1H3,(H,23,25)/t17-/m0/s1. The van der Waals surface area contributed by atoms with Crippen LogP contribution in [-0.2, 0) is 22.4 Å². The Bertz CT molecular complexity index is 773. The van der Waals surface area contributed by atoms with Crippen molar-refractivity contribution < 1.29 is 19.4 Å². The summed E-state index contributed by atoms with van der Waals surface area (Å²) in [6, 6.07) is 11.5. The Morgan fingerprint density at radius 3 is 2.22 bits per heavy atom. The van der Waals surface area contributed by atoms with Crippen molar-refractivity contribution in [2.75, 3.05) is 13.7 Å². The van der Waals surface area contributed by atoms with Crippen molar-refractivity contribution in [2.24, 2.45) is 0 Å². The van der Waals surface area contributed by atoms with Crippen LogP contribution in [0.15, 0.2) is 42.5 Å². The number of aliphatic hydroxyl groups is 1. The molecule has 0 aliphatic carbocycles. The molecule has 0 saturated heterocycles. The third kappa shape index (κ3) is 5.96. The molecule has 2 aromatic rings. The first-order chi connectivity index (χ1) is 13.0. The summed E-state index contributed by atoms with van der Waals surface area (Å²) >= 11 is 12.1. The summed E-state index contributed by atoms with van der Waals surface area (Å²) < 4.78 is 4.81. The first-order valence-electron chi connectivity index (χ1n) is 8.47. The van der Waals surface area contributed by atoms with Gasteiger partial charge in [0.15, 0.2) is 0 Å². The molecule has 0 bridgehead atoms. The minimum Gasteiger partial charge on any atom is -0.467 e. The SMILES string of the molecule is COC(=O)[C@H](Cc1ccc(CCCO)cc1)NC(=O)c1c(Cl)cccc1Cl. The van der Waals surface area contributed by atoms with Crippen molar-refractivity contribution in [3.63, 3.8) is 0 Å². The summed E-state index contributed by atoms with van der Waals surface area (Å²) in [7, 11) is 1.27. The molecule has 0 unspecified atom stereocenters. The predicted octanol–water partition coefficient (Wildman–Crippen LogP) is 3.43. The molecule has 0 radical (unpaired) electrons. The molecule has 0 aliphatic rings. The molecule has 2 aromatic carbocycles. The Morgan fingerprint density at radius 2 is 1.67 bits per heavy atom. The van der Waals surface area contributed by atoms with E-state index in [4.69, 9.17) is 33.0 Å². The van der Waals surface area contributed by atoms with Gasteiger partial charge in [0.1, 0.15) is 6.04 Å². The Kier molecular flexibility index (Phi) is 8.10. The van der Waals surface area contributed by atoms with Gasteiger partial charge in [0, 0.05) is 13.0 Å². The molecule has 5 nitrogen and oxygen atoms in total. The lowest BCUT2D eigenvalue weighted by atomic mass is 10.0. The number of benzene rings is 2. The average Bonchev–Trinajstić information content (AvgIpc) is 2.66. The molecule has 1 atom stereocenters. The van der Waals surface area contributed by atoms with Gasteiger partial charge in [-0.15, -0.1) is 0 Å². The summed E-state index contributed by atoms with van der Waals surface area (Å²) in [5.74, 6) is -1.10. The number of ether oxygens (including phenoxy) is 1. The summed E-state index contributed by atoms with van der Waals surface area (Å²) in [5, 5.41) is 12.0. The van der Waals surface area contributed by atoms with Gasteiger partial charge in [0.05, 0.1) is 22.7 Å². The number of carbonyl (C=O) groups excluding carboxylic acids is 2. The van der Waals surface area contributed by atoms with E-state index < -0.39 is 17.9 Å². The van der Waals surface area contributed by atoms with E-state index in [1.54, 1.807) is 18.2 Å². The van der Waals surface area contributed by atoms with Crippen LogP contribution < -0.4 is 5.32 Å². The van der Waals surface area contributed by atoms with Crippen LogP contribution in [0.3, 0.4) is 0 Å². The van der Waals surface area contributed by atoms with Gasteiger partial charge in [-0.05, 0) is 36.1 Å². The first-order valence-corrected chi connectivity index (χ1v) is 9.23. The van der Waals surface area contributed by atoms with E-state index in [9.17, 15) is 9.59 Å². The van der Waals surface area contributed by atoms with Gasteiger partial charge in [-0.3, -0.25) is 4.79 Å². The Morgan fingerprint density at radius 1 is 1.07 bits per heavy atom. The maximum atomic E-state index is 12.6. The maximum absolute atomic E-state index is 12.6. The number of nitrogens with one attached hydrogen (secondary N) is 1. The van der Waals surface area contributed by atoms with E-state index >= 15 is 0 Å². The van der Waals surface area contributed by atoms with Crippen molar-refractivity contribution >= 4 is 35.1 Å².